The van der Waals surface area contributed by atoms with E-state index in [1.807, 2.05) is 13.8 Å². The largest absolute Gasteiger partial charge is 0.490 e. The van der Waals surface area contributed by atoms with Gasteiger partial charge in [-0.3, -0.25) is 14.9 Å². The minimum atomic E-state index is -0.872. The van der Waals surface area contributed by atoms with Crippen LogP contribution in [0.1, 0.15) is 36.7 Å². The third-order valence-corrected chi connectivity index (χ3v) is 4.32. The maximum Gasteiger partial charge on any atom is 0.338 e. The van der Waals surface area contributed by atoms with E-state index in [0.29, 0.717) is 11.3 Å². The number of benzene rings is 2. The molecule has 0 spiro atoms. The Labute approximate surface area is 179 Å². The van der Waals surface area contributed by atoms with E-state index >= 15 is 0 Å². The van der Waals surface area contributed by atoms with Crippen LogP contribution in [-0.4, -0.2) is 36.5 Å². The van der Waals surface area contributed by atoms with Crippen molar-refractivity contribution in [2.75, 3.05) is 11.5 Å². The minimum Gasteiger partial charge on any atom is -0.490 e. The molecule has 31 heavy (non-hydrogen) atoms. The fourth-order valence-corrected chi connectivity index (χ4v) is 2.97. The lowest BCUT2D eigenvalue weighted by atomic mass is 10.1. The Kier molecular flexibility index (Phi) is 6.49. The van der Waals surface area contributed by atoms with E-state index in [0.717, 1.165) is 4.90 Å². The number of carbonyl (C=O) groups excluding carboxylic acids is 4. The summed E-state index contributed by atoms with van der Waals surface area (Å²) in [5.74, 6) is -1.58. The van der Waals surface area contributed by atoms with Crippen molar-refractivity contribution in [1.82, 2.24) is 5.32 Å². The van der Waals surface area contributed by atoms with Crippen molar-refractivity contribution in [3.63, 3.8) is 0 Å². The lowest BCUT2D eigenvalue weighted by Crippen LogP contribution is -2.54. The van der Waals surface area contributed by atoms with Crippen molar-refractivity contribution >= 4 is 35.6 Å². The Balaban J connectivity index is 1.94. The number of nitrogens with zero attached hydrogens (tertiary/aromatic N) is 1. The number of para-hydroxylation sites is 1. The molecule has 1 N–H and O–H groups in total. The summed E-state index contributed by atoms with van der Waals surface area (Å²) in [4.78, 5) is 50.5. The average molecular weight is 422 g/mol. The standard InChI is InChI=1S/C23H22N2O6/c1-4-30-22(28)15-9-11-17(12-10-15)25-21(27)18(20(26)24-23(25)29)13-16-7-5-6-8-19(16)31-14(2)3/h5-14H,4H2,1-3H3,(H,24,26,29)/b18-13+. The lowest BCUT2D eigenvalue weighted by Gasteiger charge is -2.26. The highest BCUT2D eigenvalue weighted by Crippen LogP contribution is 2.26. The van der Waals surface area contributed by atoms with Gasteiger partial charge in [-0.25, -0.2) is 14.5 Å². The number of hydrogen-bond acceptors (Lipinski definition) is 6. The van der Waals surface area contributed by atoms with Gasteiger partial charge in [0.2, 0.25) is 0 Å². The van der Waals surface area contributed by atoms with Gasteiger partial charge < -0.3 is 9.47 Å². The molecule has 0 atom stereocenters. The topological polar surface area (TPSA) is 102 Å². The van der Waals surface area contributed by atoms with E-state index < -0.39 is 23.8 Å². The molecule has 0 saturated carbocycles. The molecule has 1 aliphatic rings. The fraction of sp³-hybridized carbons (Fsp3) is 0.217. The summed E-state index contributed by atoms with van der Waals surface area (Å²) in [6.45, 7) is 5.65. The Morgan fingerprint density at radius 1 is 1.06 bits per heavy atom. The zero-order valence-corrected chi connectivity index (χ0v) is 17.4. The smallest absolute Gasteiger partial charge is 0.338 e. The fourth-order valence-electron chi connectivity index (χ4n) is 2.97. The lowest BCUT2D eigenvalue weighted by molar-refractivity contribution is -0.122. The highest BCUT2D eigenvalue weighted by atomic mass is 16.5. The summed E-state index contributed by atoms with van der Waals surface area (Å²) in [6, 6.07) is 11.9. The number of hydrogen-bond donors (Lipinski definition) is 1. The predicted molar refractivity (Wildman–Crippen MR) is 114 cm³/mol. The maximum absolute atomic E-state index is 13.0. The van der Waals surface area contributed by atoms with Gasteiger partial charge in [-0.15, -0.1) is 0 Å². The second kappa shape index (κ2) is 9.25. The number of carbonyl (C=O) groups is 4. The van der Waals surface area contributed by atoms with Crippen LogP contribution in [0.4, 0.5) is 10.5 Å². The Morgan fingerprint density at radius 3 is 2.39 bits per heavy atom. The molecule has 0 radical (unpaired) electrons. The number of esters is 1. The van der Waals surface area contributed by atoms with E-state index in [4.69, 9.17) is 9.47 Å². The van der Waals surface area contributed by atoms with E-state index in [1.165, 1.54) is 30.3 Å². The van der Waals surface area contributed by atoms with Crippen LogP contribution in [0.3, 0.4) is 0 Å². The van der Waals surface area contributed by atoms with Crippen molar-refractivity contribution in [2.24, 2.45) is 0 Å². The number of rotatable bonds is 6. The molecule has 1 heterocycles. The SMILES string of the molecule is CCOC(=O)c1ccc(N2C(=O)NC(=O)/C(=C\c3ccccc3OC(C)C)C2=O)cc1. The van der Waals surface area contributed by atoms with Gasteiger partial charge in [-0.05, 0) is 57.2 Å². The highest BCUT2D eigenvalue weighted by Gasteiger charge is 2.37. The monoisotopic (exact) mass is 422 g/mol. The van der Waals surface area contributed by atoms with E-state index in [2.05, 4.69) is 5.32 Å². The van der Waals surface area contributed by atoms with Crippen molar-refractivity contribution in [3.8, 4) is 5.75 Å². The normalized spacial score (nSPS) is 15.3. The molecule has 2 aromatic carbocycles. The molecule has 160 valence electrons. The van der Waals surface area contributed by atoms with Gasteiger partial charge >= 0.3 is 12.0 Å². The second-order valence-corrected chi connectivity index (χ2v) is 6.93. The third-order valence-electron chi connectivity index (χ3n) is 4.32. The molecule has 8 heteroatoms. The zero-order valence-electron chi connectivity index (χ0n) is 17.4. The number of barbiturate groups is 1. The molecular weight excluding hydrogens is 400 g/mol. The van der Waals surface area contributed by atoms with E-state index in [9.17, 15) is 19.2 Å². The summed E-state index contributed by atoms with van der Waals surface area (Å²) in [7, 11) is 0. The van der Waals surface area contributed by atoms with Gasteiger partial charge in [-0.2, -0.15) is 0 Å². The molecule has 4 amide bonds. The molecule has 8 nitrogen and oxygen atoms in total. The Hall–Kier alpha value is -3.94. The van der Waals surface area contributed by atoms with Crippen LogP contribution in [0.2, 0.25) is 0 Å². The first-order chi connectivity index (χ1) is 14.8. The van der Waals surface area contributed by atoms with Gasteiger partial charge in [0.15, 0.2) is 0 Å². The molecule has 1 saturated heterocycles. The van der Waals surface area contributed by atoms with Gasteiger partial charge in [0.25, 0.3) is 11.8 Å². The van der Waals surface area contributed by atoms with Crippen LogP contribution in [0, 0.1) is 0 Å². The molecule has 2 aromatic rings. The van der Waals surface area contributed by atoms with Crippen LogP contribution < -0.4 is 15.0 Å². The summed E-state index contributed by atoms with van der Waals surface area (Å²) in [6.07, 6.45) is 1.29. The number of ether oxygens (including phenoxy) is 2. The molecule has 0 aromatic heterocycles. The third kappa shape index (κ3) is 4.80. The Bertz CT molecular complexity index is 1060. The zero-order chi connectivity index (χ0) is 22.5. The number of nitrogens with one attached hydrogen (secondary N) is 1. The Morgan fingerprint density at radius 2 is 1.74 bits per heavy atom. The first kappa shape index (κ1) is 21.8. The van der Waals surface area contributed by atoms with Gasteiger partial charge in [0, 0.05) is 5.56 Å². The number of urea groups is 1. The second-order valence-electron chi connectivity index (χ2n) is 6.93. The summed E-state index contributed by atoms with van der Waals surface area (Å²) in [5.41, 5.74) is 0.804. The number of imide groups is 2. The van der Waals surface area contributed by atoms with E-state index in [-0.39, 0.29) is 29.5 Å². The minimum absolute atomic E-state index is 0.105. The molecule has 1 aliphatic heterocycles. The first-order valence-electron chi connectivity index (χ1n) is 9.76. The quantitative estimate of drug-likeness (QED) is 0.435. The molecular formula is C23H22N2O6. The van der Waals surface area contributed by atoms with Crippen LogP contribution in [0.5, 0.6) is 5.75 Å². The number of amides is 4. The number of anilines is 1. The summed E-state index contributed by atoms with van der Waals surface area (Å²) < 4.78 is 10.7. The van der Waals surface area contributed by atoms with Gasteiger partial charge in [0.05, 0.1) is 24.0 Å². The molecule has 0 bridgehead atoms. The predicted octanol–water partition coefficient (Wildman–Crippen LogP) is 3.32. The van der Waals surface area contributed by atoms with Gasteiger partial charge in [-0.1, -0.05) is 18.2 Å². The van der Waals surface area contributed by atoms with Crippen LogP contribution in [0.25, 0.3) is 6.08 Å². The first-order valence-corrected chi connectivity index (χ1v) is 9.76. The van der Waals surface area contributed by atoms with Gasteiger partial charge in [0.1, 0.15) is 11.3 Å². The van der Waals surface area contributed by atoms with Crippen LogP contribution >= 0.6 is 0 Å². The van der Waals surface area contributed by atoms with Crippen molar-refractivity contribution in [2.45, 2.75) is 26.9 Å². The average Bonchev–Trinajstić information content (AvgIpc) is 2.72. The van der Waals surface area contributed by atoms with Crippen LogP contribution in [-0.2, 0) is 14.3 Å². The molecule has 3 rings (SSSR count). The molecule has 1 fully saturated rings. The van der Waals surface area contributed by atoms with E-state index in [1.54, 1.807) is 31.2 Å². The van der Waals surface area contributed by atoms with Crippen molar-refractivity contribution in [3.05, 3.63) is 65.2 Å². The van der Waals surface area contributed by atoms with Crippen molar-refractivity contribution in [1.29, 1.82) is 0 Å². The van der Waals surface area contributed by atoms with Crippen LogP contribution in [0.15, 0.2) is 54.1 Å². The molecule has 0 unspecified atom stereocenters. The summed E-state index contributed by atoms with van der Waals surface area (Å²) >= 11 is 0. The molecule has 0 aliphatic carbocycles. The highest BCUT2D eigenvalue weighted by molar-refractivity contribution is 6.39. The maximum atomic E-state index is 13.0. The summed E-state index contributed by atoms with van der Waals surface area (Å²) in [5, 5.41) is 2.17. The van der Waals surface area contributed by atoms with Crippen molar-refractivity contribution < 1.29 is 28.7 Å².